The fraction of sp³-hybridized carbons (Fsp3) is 0.250. The Morgan fingerprint density at radius 1 is 1.44 bits per heavy atom. The topological polar surface area (TPSA) is 20.3 Å². The molecule has 1 aromatic rings. The van der Waals surface area contributed by atoms with E-state index in [9.17, 15) is 4.79 Å². The number of hydrogen-bond donors (Lipinski definition) is 0. The maximum atomic E-state index is 12.0. The molecule has 0 spiro atoms. The number of halogens is 2. The fourth-order valence-electron chi connectivity index (χ4n) is 1.25. The van der Waals surface area contributed by atoms with Crippen molar-refractivity contribution in [1.29, 1.82) is 0 Å². The van der Waals surface area contributed by atoms with Gasteiger partial charge >= 0.3 is 0 Å². The van der Waals surface area contributed by atoms with E-state index in [0.29, 0.717) is 22.2 Å². The first-order chi connectivity index (χ1) is 7.60. The predicted molar refractivity (Wildman–Crippen MR) is 66.9 cm³/mol. The van der Waals surface area contributed by atoms with Gasteiger partial charge in [-0.05, 0) is 25.1 Å². The lowest BCUT2D eigenvalue weighted by Gasteiger charge is -2.18. The van der Waals surface area contributed by atoms with E-state index in [4.69, 9.17) is 29.6 Å². The van der Waals surface area contributed by atoms with Gasteiger partial charge in [0.1, 0.15) is 0 Å². The minimum absolute atomic E-state index is 0.140. The van der Waals surface area contributed by atoms with Crippen molar-refractivity contribution in [2.45, 2.75) is 6.92 Å². The maximum Gasteiger partial charge on any atom is 0.254 e. The van der Waals surface area contributed by atoms with Crippen LogP contribution in [0.1, 0.15) is 17.3 Å². The number of amides is 1. The first-order valence-corrected chi connectivity index (χ1v) is 5.53. The van der Waals surface area contributed by atoms with E-state index in [2.05, 4.69) is 5.92 Å². The highest BCUT2D eigenvalue weighted by Crippen LogP contribution is 2.23. The average molecular weight is 256 g/mol. The van der Waals surface area contributed by atoms with Crippen LogP contribution in [-0.4, -0.2) is 23.9 Å². The standard InChI is InChI=1S/C12H11Cl2NO/c1-3-7-15(4-2)12(16)9-5-6-10(13)11(14)8-9/h1,5-6,8H,4,7H2,2H3. The van der Waals surface area contributed by atoms with Crippen LogP contribution in [0.15, 0.2) is 18.2 Å². The summed E-state index contributed by atoms with van der Waals surface area (Å²) in [7, 11) is 0. The van der Waals surface area contributed by atoms with Gasteiger partial charge in [-0.2, -0.15) is 0 Å². The molecular formula is C12H11Cl2NO. The molecule has 0 saturated heterocycles. The smallest absolute Gasteiger partial charge is 0.254 e. The van der Waals surface area contributed by atoms with Crippen molar-refractivity contribution in [3.8, 4) is 12.3 Å². The zero-order valence-electron chi connectivity index (χ0n) is 8.84. The Kier molecular flexibility index (Phi) is 4.67. The largest absolute Gasteiger partial charge is 0.328 e. The van der Waals surface area contributed by atoms with Crippen molar-refractivity contribution in [2.75, 3.05) is 13.1 Å². The van der Waals surface area contributed by atoms with E-state index in [1.165, 1.54) is 0 Å². The number of hydrogen-bond acceptors (Lipinski definition) is 1. The van der Waals surface area contributed by atoms with E-state index >= 15 is 0 Å². The quantitative estimate of drug-likeness (QED) is 0.761. The molecule has 1 aromatic carbocycles. The van der Waals surface area contributed by atoms with E-state index in [1.807, 2.05) is 6.92 Å². The van der Waals surface area contributed by atoms with Crippen molar-refractivity contribution in [3.63, 3.8) is 0 Å². The van der Waals surface area contributed by atoms with Gasteiger partial charge in [-0.15, -0.1) is 6.42 Å². The molecule has 16 heavy (non-hydrogen) atoms. The van der Waals surface area contributed by atoms with Crippen LogP contribution in [0.4, 0.5) is 0 Å². The normalized spacial score (nSPS) is 9.62. The molecule has 0 fully saturated rings. The zero-order valence-corrected chi connectivity index (χ0v) is 10.3. The highest BCUT2D eigenvalue weighted by atomic mass is 35.5. The minimum Gasteiger partial charge on any atom is -0.328 e. The second-order valence-corrected chi connectivity index (χ2v) is 3.97. The van der Waals surface area contributed by atoms with E-state index in [1.54, 1.807) is 23.1 Å². The van der Waals surface area contributed by atoms with Gasteiger partial charge in [0, 0.05) is 12.1 Å². The molecule has 0 unspecified atom stereocenters. The molecule has 0 atom stereocenters. The summed E-state index contributed by atoms with van der Waals surface area (Å²) in [6.07, 6.45) is 5.18. The highest BCUT2D eigenvalue weighted by Gasteiger charge is 2.13. The Hall–Kier alpha value is -1.17. The Labute approximate surface area is 105 Å². The zero-order chi connectivity index (χ0) is 12.1. The van der Waals surface area contributed by atoms with Gasteiger partial charge in [0.2, 0.25) is 0 Å². The first-order valence-electron chi connectivity index (χ1n) is 4.78. The van der Waals surface area contributed by atoms with Crippen LogP contribution in [0.3, 0.4) is 0 Å². The predicted octanol–water partition coefficient (Wildman–Crippen LogP) is 3.09. The summed E-state index contributed by atoms with van der Waals surface area (Å²) in [6.45, 7) is 2.71. The monoisotopic (exact) mass is 255 g/mol. The van der Waals surface area contributed by atoms with Crippen LogP contribution in [0.25, 0.3) is 0 Å². The summed E-state index contributed by atoms with van der Waals surface area (Å²) < 4.78 is 0. The van der Waals surface area contributed by atoms with Crippen LogP contribution < -0.4 is 0 Å². The van der Waals surface area contributed by atoms with E-state index in [0.717, 1.165) is 0 Å². The number of terminal acetylenes is 1. The highest BCUT2D eigenvalue weighted by molar-refractivity contribution is 6.42. The molecule has 0 heterocycles. The molecule has 0 aliphatic rings. The number of carbonyl (C=O) groups is 1. The van der Waals surface area contributed by atoms with Crippen molar-refractivity contribution in [2.24, 2.45) is 0 Å². The summed E-state index contributed by atoms with van der Waals surface area (Å²) in [5.41, 5.74) is 0.492. The molecule has 0 N–H and O–H groups in total. The second kappa shape index (κ2) is 5.79. The summed E-state index contributed by atoms with van der Waals surface area (Å²) in [5.74, 6) is 2.30. The van der Waals surface area contributed by atoms with Crippen molar-refractivity contribution in [1.82, 2.24) is 4.90 Å². The van der Waals surface area contributed by atoms with Crippen molar-refractivity contribution >= 4 is 29.1 Å². The number of rotatable bonds is 3. The van der Waals surface area contributed by atoms with Gasteiger partial charge in [-0.25, -0.2) is 0 Å². The molecule has 0 radical (unpaired) electrons. The maximum absolute atomic E-state index is 12.0. The Morgan fingerprint density at radius 3 is 2.62 bits per heavy atom. The SMILES string of the molecule is C#CCN(CC)C(=O)c1ccc(Cl)c(Cl)c1. The van der Waals surface area contributed by atoms with Gasteiger partial charge in [0.25, 0.3) is 5.91 Å². The molecule has 0 aromatic heterocycles. The summed E-state index contributed by atoms with van der Waals surface area (Å²) >= 11 is 11.6. The lowest BCUT2D eigenvalue weighted by Crippen LogP contribution is -2.31. The minimum atomic E-state index is -0.140. The number of benzene rings is 1. The average Bonchev–Trinajstić information content (AvgIpc) is 2.28. The van der Waals surface area contributed by atoms with Crippen molar-refractivity contribution in [3.05, 3.63) is 33.8 Å². The van der Waals surface area contributed by atoms with Gasteiger partial charge in [-0.3, -0.25) is 4.79 Å². The fourth-order valence-corrected chi connectivity index (χ4v) is 1.55. The Morgan fingerprint density at radius 2 is 2.12 bits per heavy atom. The lowest BCUT2D eigenvalue weighted by atomic mass is 10.2. The molecule has 1 amide bonds. The van der Waals surface area contributed by atoms with Crippen LogP contribution in [0.5, 0.6) is 0 Å². The summed E-state index contributed by atoms with van der Waals surface area (Å²) in [4.78, 5) is 13.5. The van der Waals surface area contributed by atoms with Gasteiger partial charge in [0.05, 0.1) is 16.6 Å². The molecule has 0 bridgehead atoms. The molecule has 0 aliphatic heterocycles. The third-order valence-corrected chi connectivity index (χ3v) is 2.86. The lowest BCUT2D eigenvalue weighted by molar-refractivity contribution is 0.0785. The van der Waals surface area contributed by atoms with Crippen molar-refractivity contribution < 1.29 is 4.79 Å². The van der Waals surface area contributed by atoms with Gasteiger partial charge in [0.15, 0.2) is 0 Å². The van der Waals surface area contributed by atoms with E-state index < -0.39 is 0 Å². The first kappa shape index (κ1) is 12.9. The number of carbonyl (C=O) groups excluding carboxylic acids is 1. The molecule has 2 nitrogen and oxygen atoms in total. The molecule has 1 rings (SSSR count). The second-order valence-electron chi connectivity index (χ2n) is 3.15. The van der Waals surface area contributed by atoms with Crippen LogP contribution >= 0.6 is 23.2 Å². The van der Waals surface area contributed by atoms with Crippen LogP contribution in [0, 0.1) is 12.3 Å². The molecule has 84 valence electrons. The third-order valence-electron chi connectivity index (χ3n) is 2.12. The molecule has 0 aliphatic carbocycles. The third kappa shape index (κ3) is 2.91. The van der Waals surface area contributed by atoms with Crippen LogP contribution in [-0.2, 0) is 0 Å². The Balaban J connectivity index is 2.95. The van der Waals surface area contributed by atoms with Crippen LogP contribution in [0.2, 0.25) is 10.0 Å². The van der Waals surface area contributed by atoms with E-state index in [-0.39, 0.29) is 12.5 Å². The number of nitrogens with zero attached hydrogens (tertiary/aromatic N) is 1. The van der Waals surface area contributed by atoms with Gasteiger partial charge < -0.3 is 4.90 Å². The Bertz CT molecular complexity index is 437. The molecule has 0 saturated carbocycles. The summed E-state index contributed by atoms with van der Waals surface area (Å²) in [6, 6.07) is 4.78. The van der Waals surface area contributed by atoms with Gasteiger partial charge in [-0.1, -0.05) is 29.1 Å². The molecular weight excluding hydrogens is 245 g/mol. The molecule has 4 heteroatoms. The summed E-state index contributed by atoms with van der Waals surface area (Å²) in [5, 5.41) is 0.794.